The maximum Gasteiger partial charge on any atom is 0.408 e. The van der Waals surface area contributed by atoms with Crippen LogP contribution in [0.2, 0.25) is 0 Å². The predicted octanol–water partition coefficient (Wildman–Crippen LogP) is 3.13. The first kappa shape index (κ1) is 35.9. The van der Waals surface area contributed by atoms with Gasteiger partial charge in [-0.3, -0.25) is 8.98 Å². The Morgan fingerprint density at radius 1 is 1.12 bits per heavy atom. The number of esters is 1. The van der Waals surface area contributed by atoms with E-state index in [4.69, 9.17) is 27.9 Å². The van der Waals surface area contributed by atoms with Crippen LogP contribution in [0.5, 0.6) is 0 Å². The zero-order chi connectivity index (χ0) is 31.9. The summed E-state index contributed by atoms with van der Waals surface area (Å²) in [7, 11) is -4.48. The summed E-state index contributed by atoms with van der Waals surface area (Å²) in [5.41, 5.74) is -0.0232. The minimum Gasteiger partial charge on any atom is -0.463 e. The van der Waals surface area contributed by atoms with Gasteiger partial charge in [-0.2, -0.15) is 8.42 Å². The van der Waals surface area contributed by atoms with Gasteiger partial charge in [-0.15, -0.1) is 0 Å². The second-order valence-electron chi connectivity index (χ2n) is 12.2. The second-order valence-corrected chi connectivity index (χ2v) is 13.5. The summed E-state index contributed by atoms with van der Waals surface area (Å²) in [6.07, 6.45) is 0.534. The van der Waals surface area contributed by atoms with E-state index in [9.17, 15) is 22.8 Å². The van der Waals surface area contributed by atoms with E-state index in [0.29, 0.717) is 12.8 Å². The SMILES string of the molecule is CCOC(=O)/C=C(\C)C[C@@H]1OC[C@H](CCOS(=O)(=O)NC(=O)[C@@H](NC(=O)OC(C)(C)C)[C@@H](C)CC)[C@H]2OC(C)(C)O[C@H]21. The highest BCUT2D eigenvalue weighted by molar-refractivity contribution is 7.85. The summed E-state index contributed by atoms with van der Waals surface area (Å²) >= 11 is 0. The third-order valence-corrected chi connectivity index (χ3v) is 7.74. The number of rotatable bonds is 13. The molecular formula is C28H48N2O11S. The lowest BCUT2D eigenvalue weighted by Crippen LogP contribution is -2.52. The van der Waals surface area contributed by atoms with Gasteiger partial charge in [0.1, 0.15) is 17.7 Å². The molecule has 2 N–H and O–H groups in total. The number of carbonyl (C=O) groups excluding carboxylic acids is 3. The van der Waals surface area contributed by atoms with Crippen molar-refractivity contribution >= 4 is 28.3 Å². The molecule has 242 valence electrons. The number of hydrogen-bond donors (Lipinski definition) is 2. The van der Waals surface area contributed by atoms with Crippen LogP contribution in [0, 0.1) is 11.8 Å². The minimum atomic E-state index is -4.48. The van der Waals surface area contributed by atoms with E-state index < -0.39 is 57.9 Å². The third kappa shape index (κ3) is 11.4. The van der Waals surface area contributed by atoms with Gasteiger partial charge in [0, 0.05) is 12.0 Å². The first-order chi connectivity index (χ1) is 19.4. The fraction of sp³-hybridized carbons (Fsp3) is 0.821. The summed E-state index contributed by atoms with van der Waals surface area (Å²) < 4.78 is 60.8. The number of fused-ring (bicyclic) bond motifs is 1. The van der Waals surface area contributed by atoms with E-state index in [1.54, 1.807) is 48.5 Å². The molecule has 2 amide bonds. The van der Waals surface area contributed by atoms with E-state index in [2.05, 4.69) is 5.32 Å². The molecule has 6 atom stereocenters. The van der Waals surface area contributed by atoms with Crippen molar-refractivity contribution in [3.63, 3.8) is 0 Å². The summed E-state index contributed by atoms with van der Waals surface area (Å²) in [6.45, 7) is 16.0. The smallest absolute Gasteiger partial charge is 0.408 e. The molecule has 42 heavy (non-hydrogen) atoms. The quantitative estimate of drug-likeness (QED) is 0.230. The Labute approximate surface area is 249 Å². The highest BCUT2D eigenvalue weighted by Gasteiger charge is 2.51. The van der Waals surface area contributed by atoms with Gasteiger partial charge in [0.05, 0.1) is 32.0 Å². The van der Waals surface area contributed by atoms with E-state index in [1.807, 2.05) is 18.6 Å². The number of carbonyl (C=O) groups is 3. The molecule has 0 aromatic rings. The van der Waals surface area contributed by atoms with E-state index in [-0.39, 0.29) is 44.2 Å². The zero-order valence-corrected chi connectivity index (χ0v) is 27.0. The van der Waals surface area contributed by atoms with Crippen LogP contribution in [0.3, 0.4) is 0 Å². The van der Waals surface area contributed by atoms with Crippen molar-refractivity contribution in [3.05, 3.63) is 11.6 Å². The van der Waals surface area contributed by atoms with Gasteiger partial charge in [0.25, 0.3) is 5.91 Å². The maximum absolute atomic E-state index is 12.8. The summed E-state index contributed by atoms with van der Waals surface area (Å²) in [5, 5.41) is 2.45. The Morgan fingerprint density at radius 3 is 2.36 bits per heavy atom. The standard InChI is InChI=1S/C28H48N2O11S/c1-10-18(4)22(29-26(33)41-27(5,6)7)25(32)30-42(34,35)38-13-12-19-16-37-20(14-17(3)15-21(31)36-11-2)24-23(19)39-28(8,9)40-24/h15,18-20,22-24H,10-14,16H2,1-9H3,(H,29,33)(H,30,32)/b17-15+/t18-,19-,20-,22-,23+,24-/m0/s1. The van der Waals surface area contributed by atoms with Gasteiger partial charge >= 0.3 is 22.4 Å². The van der Waals surface area contributed by atoms with Gasteiger partial charge in [-0.1, -0.05) is 25.8 Å². The Kier molecular flexibility index (Phi) is 12.8. The molecule has 2 rings (SSSR count). The lowest BCUT2D eigenvalue weighted by atomic mass is 9.88. The normalized spacial score (nSPS) is 25.6. The lowest BCUT2D eigenvalue weighted by Gasteiger charge is -2.37. The maximum atomic E-state index is 12.8. The van der Waals surface area contributed by atoms with Crippen molar-refractivity contribution < 1.29 is 50.7 Å². The van der Waals surface area contributed by atoms with Crippen molar-refractivity contribution in [2.75, 3.05) is 19.8 Å². The van der Waals surface area contributed by atoms with Gasteiger partial charge in [-0.05, 0) is 67.2 Å². The fourth-order valence-electron chi connectivity index (χ4n) is 4.75. The zero-order valence-electron chi connectivity index (χ0n) is 26.2. The van der Waals surface area contributed by atoms with Crippen LogP contribution in [-0.4, -0.2) is 82.0 Å². The molecule has 0 aromatic heterocycles. The Balaban J connectivity index is 1.99. The summed E-state index contributed by atoms with van der Waals surface area (Å²) in [4.78, 5) is 36.9. The lowest BCUT2D eigenvalue weighted by molar-refractivity contribution is -0.153. The molecular weight excluding hydrogens is 572 g/mol. The van der Waals surface area contributed by atoms with Crippen LogP contribution in [-0.2, 0) is 47.8 Å². The van der Waals surface area contributed by atoms with Crippen LogP contribution in [0.1, 0.15) is 81.6 Å². The largest absolute Gasteiger partial charge is 0.463 e. The average molecular weight is 621 g/mol. The molecule has 2 aliphatic heterocycles. The van der Waals surface area contributed by atoms with Gasteiger partial charge in [0.15, 0.2) is 5.79 Å². The number of nitrogens with one attached hydrogen (secondary N) is 2. The number of hydrogen-bond acceptors (Lipinski definition) is 11. The van der Waals surface area contributed by atoms with E-state index in [1.165, 1.54) is 6.08 Å². The first-order valence-electron chi connectivity index (χ1n) is 14.4. The predicted molar refractivity (Wildman–Crippen MR) is 152 cm³/mol. The minimum absolute atomic E-state index is 0.241. The molecule has 14 heteroatoms. The van der Waals surface area contributed by atoms with Gasteiger partial charge in [0.2, 0.25) is 0 Å². The second kappa shape index (κ2) is 15.0. The molecule has 2 aliphatic rings. The molecule has 0 unspecified atom stereocenters. The monoisotopic (exact) mass is 620 g/mol. The third-order valence-electron chi connectivity index (χ3n) is 6.81. The number of amides is 2. The fourth-order valence-corrected chi connectivity index (χ4v) is 5.50. The van der Waals surface area contributed by atoms with Gasteiger partial charge < -0.3 is 29.0 Å². The molecule has 2 fully saturated rings. The summed E-state index contributed by atoms with van der Waals surface area (Å²) in [6, 6.07) is -1.15. The topological polar surface area (TPSA) is 165 Å². The molecule has 0 aromatic carbocycles. The summed E-state index contributed by atoms with van der Waals surface area (Å²) in [5.74, 6) is -2.87. The first-order valence-corrected chi connectivity index (χ1v) is 15.8. The Morgan fingerprint density at radius 2 is 1.76 bits per heavy atom. The molecule has 0 bridgehead atoms. The highest BCUT2D eigenvalue weighted by Crippen LogP contribution is 2.40. The average Bonchev–Trinajstić information content (AvgIpc) is 3.17. The van der Waals surface area contributed by atoms with Crippen molar-refractivity contribution in [1.82, 2.24) is 10.0 Å². The highest BCUT2D eigenvalue weighted by atomic mass is 32.2. The molecule has 0 spiro atoms. The van der Waals surface area contributed by atoms with Crippen molar-refractivity contribution in [1.29, 1.82) is 0 Å². The molecule has 0 aliphatic carbocycles. The van der Waals surface area contributed by atoms with Crippen molar-refractivity contribution in [2.45, 2.75) is 117 Å². The van der Waals surface area contributed by atoms with Crippen molar-refractivity contribution in [3.8, 4) is 0 Å². The Hall–Kier alpha value is -2.26. The van der Waals surface area contributed by atoms with Crippen LogP contribution in [0.25, 0.3) is 0 Å². The van der Waals surface area contributed by atoms with Crippen LogP contribution < -0.4 is 10.0 Å². The molecule has 2 heterocycles. The molecule has 0 radical (unpaired) electrons. The van der Waals surface area contributed by atoms with Crippen LogP contribution in [0.4, 0.5) is 4.79 Å². The molecule has 0 saturated carbocycles. The van der Waals surface area contributed by atoms with Crippen LogP contribution >= 0.6 is 0 Å². The van der Waals surface area contributed by atoms with Gasteiger partial charge in [-0.25, -0.2) is 14.3 Å². The van der Waals surface area contributed by atoms with E-state index in [0.717, 1.165) is 5.57 Å². The Bertz CT molecular complexity index is 1080. The van der Waals surface area contributed by atoms with E-state index >= 15 is 0 Å². The number of alkyl carbamates (subject to hydrolysis) is 1. The molecule has 13 nitrogen and oxygen atoms in total. The van der Waals surface area contributed by atoms with Crippen LogP contribution in [0.15, 0.2) is 11.6 Å². The van der Waals surface area contributed by atoms with Crippen molar-refractivity contribution in [2.24, 2.45) is 11.8 Å². The number of ether oxygens (including phenoxy) is 5. The molecule has 2 saturated heterocycles.